The fraction of sp³-hybridized carbons (Fsp3) is 0.192. The molecule has 4 aromatic rings. The van der Waals surface area contributed by atoms with Crippen LogP contribution in [0.4, 0.5) is 5.95 Å². The molecule has 0 bridgehead atoms. The van der Waals surface area contributed by atoms with Crippen molar-refractivity contribution in [2.24, 2.45) is 0 Å². The number of nitrogens with one attached hydrogen (secondary N) is 1. The van der Waals surface area contributed by atoms with E-state index >= 15 is 0 Å². The van der Waals surface area contributed by atoms with Gasteiger partial charge in [-0.05, 0) is 36.1 Å². The van der Waals surface area contributed by atoms with E-state index in [1.165, 1.54) is 16.2 Å². The first-order valence-electron chi connectivity index (χ1n) is 10.9. The zero-order valence-corrected chi connectivity index (χ0v) is 19.9. The first kappa shape index (κ1) is 23.4. The normalized spacial score (nSPS) is 10.8. The van der Waals surface area contributed by atoms with E-state index in [2.05, 4.69) is 5.32 Å². The van der Waals surface area contributed by atoms with Gasteiger partial charge in [-0.1, -0.05) is 48.5 Å². The van der Waals surface area contributed by atoms with E-state index in [1.54, 1.807) is 13.2 Å². The summed E-state index contributed by atoms with van der Waals surface area (Å²) >= 11 is 1.35. The number of ether oxygens (including phenoxy) is 1. The van der Waals surface area contributed by atoms with Crippen LogP contribution >= 0.6 is 11.3 Å². The molecule has 4 rings (SSSR count). The fourth-order valence-corrected chi connectivity index (χ4v) is 4.23. The summed E-state index contributed by atoms with van der Waals surface area (Å²) in [5, 5.41) is 4.75. The molecule has 7 nitrogen and oxygen atoms in total. The van der Waals surface area contributed by atoms with Gasteiger partial charge >= 0.3 is 0 Å². The first-order valence-corrected chi connectivity index (χ1v) is 11.8. The Morgan fingerprint density at radius 1 is 1.09 bits per heavy atom. The van der Waals surface area contributed by atoms with Crippen LogP contribution in [-0.4, -0.2) is 53.1 Å². The number of nitrogens with zero attached hydrogens (tertiary/aromatic N) is 3. The van der Waals surface area contributed by atoms with Gasteiger partial charge in [0.2, 0.25) is 11.9 Å². The van der Waals surface area contributed by atoms with Crippen molar-refractivity contribution in [3.8, 4) is 16.9 Å². The summed E-state index contributed by atoms with van der Waals surface area (Å²) in [7, 11) is 1.57. The summed E-state index contributed by atoms with van der Waals surface area (Å²) in [6, 6.07) is 21.3. The molecule has 174 valence electrons. The number of rotatable bonds is 9. The molecular formula is C26H26N4O3S. The van der Waals surface area contributed by atoms with Crippen molar-refractivity contribution in [1.29, 1.82) is 0 Å². The van der Waals surface area contributed by atoms with E-state index in [0.717, 1.165) is 22.5 Å². The Morgan fingerprint density at radius 2 is 1.91 bits per heavy atom. The number of imidazole rings is 1. The van der Waals surface area contributed by atoms with Crippen molar-refractivity contribution in [3.05, 3.63) is 88.7 Å². The third kappa shape index (κ3) is 5.59. The monoisotopic (exact) mass is 474 g/mol. The van der Waals surface area contributed by atoms with Crippen LogP contribution in [0.1, 0.15) is 15.2 Å². The van der Waals surface area contributed by atoms with Crippen LogP contribution in [0.15, 0.2) is 78.3 Å². The second kappa shape index (κ2) is 10.9. The average molecular weight is 475 g/mol. The van der Waals surface area contributed by atoms with Crippen molar-refractivity contribution in [1.82, 2.24) is 14.5 Å². The number of aromatic nitrogens is 2. The molecule has 1 N–H and O–H groups in total. The molecule has 34 heavy (non-hydrogen) atoms. The quantitative estimate of drug-likeness (QED) is 0.384. The van der Waals surface area contributed by atoms with Gasteiger partial charge in [-0.15, -0.1) is 11.3 Å². The zero-order valence-electron chi connectivity index (χ0n) is 19.1. The Morgan fingerprint density at radius 3 is 2.62 bits per heavy atom. The van der Waals surface area contributed by atoms with Crippen LogP contribution in [0.2, 0.25) is 0 Å². The standard InChI is InChI=1S/C26H26N4O3S/c1-19-8-6-11-21(16-19)30-17-22(20-9-4-3-5-10-20)27-26(30)28-24(31)18-29(13-14-33-2)25(32)23-12-7-15-34-23/h3-12,15-17H,13-14,18H2,1-2H3,(H,27,28,31). The van der Waals surface area contributed by atoms with E-state index in [-0.39, 0.29) is 18.4 Å². The van der Waals surface area contributed by atoms with Crippen LogP contribution in [-0.2, 0) is 9.53 Å². The van der Waals surface area contributed by atoms with Crippen LogP contribution in [0.3, 0.4) is 0 Å². The summed E-state index contributed by atoms with van der Waals surface area (Å²) in [5.41, 5.74) is 3.66. The van der Waals surface area contributed by atoms with Crippen molar-refractivity contribution < 1.29 is 14.3 Å². The maximum Gasteiger partial charge on any atom is 0.264 e. The molecule has 2 heterocycles. The largest absolute Gasteiger partial charge is 0.383 e. The number of carbonyl (C=O) groups excluding carboxylic acids is 2. The van der Waals surface area contributed by atoms with E-state index < -0.39 is 0 Å². The lowest BCUT2D eigenvalue weighted by molar-refractivity contribution is -0.117. The van der Waals surface area contributed by atoms with Crippen molar-refractivity contribution >= 4 is 29.1 Å². The Balaban J connectivity index is 1.60. The lowest BCUT2D eigenvalue weighted by Gasteiger charge is -2.21. The number of amides is 2. The fourth-order valence-electron chi connectivity index (χ4n) is 3.54. The number of methoxy groups -OCH3 is 1. The van der Waals surface area contributed by atoms with Crippen molar-refractivity contribution in [2.45, 2.75) is 6.92 Å². The zero-order chi connectivity index (χ0) is 23.9. The molecule has 0 aliphatic rings. The van der Waals surface area contributed by atoms with Gasteiger partial charge in [0.25, 0.3) is 5.91 Å². The predicted molar refractivity (Wildman–Crippen MR) is 134 cm³/mol. The summed E-state index contributed by atoms with van der Waals surface area (Å²) in [5.74, 6) is -0.140. The molecule has 0 saturated carbocycles. The molecule has 0 aliphatic carbocycles. The summed E-state index contributed by atoms with van der Waals surface area (Å²) in [4.78, 5) is 32.7. The molecule has 2 amide bonds. The molecule has 0 atom stereocenters. The van der Waals surface area contributed by atoms with Gasteiger partial charge < -0.3 is 9.64 Å². The summed E-state index contributed by atoms with van der Waals surface area (Å²) < 4.78 is 7.00. The van der Waals surface area contributed by atoms with Crippen molar-refractivity contribution in [3.63, 3.8) is 0 Å². The third-order valence-corrected chi connectivity index (χ3v) is 6.08. The number of benzene rings is 2. The lowest BCUT2D eigenvalue weighted by atomic mass is 10.2. The minimum absolute atomic E-state index is 0.110. The topological polar surface area (TPSA) is 76.5 Å². The van der Waals surface area contributed by atoms with Gasteiger partial charge in [0.15, 0.2) is 0 Å². The Bertz CT molecular complexity index is 1250. The van der Waals surface area contributed by atoms with Gasteiger partial charge in [-0.3, -0.25) is 19.5 Å². The van der Waals surface area contributed by atoms with Gasteiger partial charge in [0.1, 0.15) is 6.54 Å². The van der Waals surface area contributed by atoms with Gasteiger partial charge in [0, 0.05) is 31.1 Å². The molecule has 0 aliphatic heterocycles. The highest BCUT2D eigenvalue weighted by atomic mass is 32.1. The molecule has 2 aromatic carbocycles. The van der Waals surface area contributed by atoms with Gasteiger partial charge in [0.05, 0.1) is 17.2 Å². The Labute approximate surface area is 202 Å². The molecular weight excluding hydrogens is 448 g/mol. The van der Waals surface area contributed by atoms with Crippen molar-refractivity contribution in [2.75, 3.05) is 32.1 Å². The van der Waals surface area contributed by atoms with E-state index in [9.17, 15) is 9.59 Å². The second-order valence-corrected chi connectivity index (χ2v) is 8.72. The van der Waals surface area contributed by atoms with Crippen LogP contribution in [0, 0.1) is 6.92 Å². The molecule has 8 heteroatoms. The smallest absolute Gasteiger partial charge is 0.264 e. The number of hydrogen-bond donors (Lipinski definition) is 1. The number of anilines is 1. The SMILES string of the molecule is COCCN(CC(=O)Nc1nc(-c2ccccc2)cn1-c1cccc(C)c1)C(=O)c1cccs1. The van der Waals surface area contributed by atoms with E-state index in [4.69, 9.17) is 9.72 Å². The molecule has 0 spiro atoms. The predicted octanol–water partition coefficient (Wildman–Crippen LogP) is 4.64. The highest BCUT2D eigenvalue weighted by molar-refractivity contribution is 7.12. The maximum atomic E-state index is 13.1. The second-order valence-electron chi connectivity index (χ2n) is 7.77. The number of thiophene rings is 1. The molecule has 0 radical (unpaired) electrons. The molecule has 2 aromatic heterocycles. The average Bonchev–Trinajstić information content (AvgIpc) is 3.52. The third-order valence-electron chi connectivity index (χ3n) is 5.23. The van der Waals surface area contributed by atoms with E-state index in [1.807, 2.05) is 83.7 Å². The minimum Gasteiger partial charge on any atom is -0.383 e. The minimum atomic E-state index is -0.333. The van der Waals surface area contributed by atoms with Crippen LogP contribution in [0.25, 0.3) is 16.9 Å². The molecule has 0 fully saturated rings. The van der Waals surface area contributed by atoms with Crippen LogP contribution < -0.4 is 5.32 Å². The number of hydrogen-bond acceptors (Lipinski definition) is 5. The first-order chi connectivity index (χ1) is 16.5. The Hall–Kier alpha value is -3.75. The Kier molecular flexibility index (Phi) is 7.51. The van der Waals surface area contributed by atoms with Gasteiger partial charge in [-0.2, -0.15) is 0 Å². The van der Waals surface area contributed by atoms with Gasteiger partial charge in [-0.25, -0.2) is 4.98 Å². The van der Waals surface area contributed by atoms with E-state index in [0.29, 0.717) is 24.0 Å². The highest BCUT2D eigenvalue weighted by Gasteiger charge is 2.21. The highest BCUT2D eigenvalue weighted by Crippen LogP contribution is 2.25. The summed E-state index contributed by atoms with van der Waals surface area (Å²) in [6.07, 6.45) is 1.90. The number of carbonyl (C=O) groups is 2. The molecule has 0 saturated heterocycles. The summed E-state index contributed by atoms with van der Waals surface area (Å²) in [6.45, 7) is 2.55. The number of aryl methyl sites for hydroxylation is 1. The lowest BCUT2D eigenvalue weighted by Crippen LogP contribution is -2.40. The van der Waals surface area contributed by atoms with Crippen LogP contribution in [0.5, 0.6) is 0 Å². The molecule has 0 unspecified atom stereocenters. The maximum absolute atomic E-state index is 13.1.